The van der Waals surface area contributed by atoms with Gasteiger partial charge in [-0.3, -0.25) is 4.98 Å². The number of aromatic nitrogens is 1. The van der Waals surface area contributed by atoms with E-state index in [1.54, 1.807) is 26.5 Å². The van der Waals surface area contributed by atoms with Crippen molar-refractivity contribution in [1.82, 2.24) is 4.98 Å². The van der Waals surface area contributed by atoms with Crippen molar-refractivity contribution >= 4 is 11.6 Å². The Bertz CT molecular complexity index is 511. The molecule has 1 aromatic carbocycles. The van der Waals surface area contributed by atoms with Crippen molar-refractivity contribution in [1.29, 1.82) is 0 Å². The van der Waals surface area contributed by atoms with E-state index in [1.165, 1.54) is 0 Å². The number of para-hydroxylation sites is 1. The number of hydrogen-bond acceptors (Lipinski definition) is 3. The molecule has 0 bridgehead atoms. The van der Waals surface area contributed by atoms with Crippen LogP contribution in [0.5, 0.6) is 11.5 Å². The quantitative estimate of drug-likeness (QED) is 0.835. The van der Waals surface area contributed by atoms with Gasteiger partial charge in [0.25, 0.3) is 0 Å². The first kappa shape index (κ1) is 11.7. The van der Waals surface area contributed by atoms with Gasteiger partial charge in [-0.25, -0.2) is 0 Å². The maximum Gasteiger partial charge on any atom is 0.170 e. The van der Waals surface area contributed by atoms with Crippen LogP contribution in [-0.2, 0) is 0 Å². The highest BCUT2D eigenvalue weighted by Gasteiger charge is 2.11. The third-order valence-corrected chi connectivity index (χ3v) is 2.63. The van der Waals surface area contributed by atoms with Crippen molar-refractivity contribution in [3.8, 4) is 22.8 Å². The lowest BCUT2D eigenvalue weighted by Gasteiger charge is -2.11. The van der Waals surface area contributed by atoms with E-state index in [2.05, 4.69) is 4.98 Å². The highest BCUT2D eigenvalue weighted by atomic mass is 35.5. The van der Waals surface area contributed by atoms with Crippen LogP contribution in [0.25, 0.3) is 11.3 Å². The maximum atomic E-state index is 5.81. The fourth-order valence-corrected chi connectivity index (χ4v) is 1.74. The van der Waals surface area contributed by atoms with Crippen molar-refractivity contribution < 1.29 is 9.47 Å². The molecule has 0 aliphatic rings. The van der Waals surface area contributed by atoms with Crippen LogP contribution in [0, 0.1) is 0 Å². The third kappa shape index (κ3) is 2.34. The number of hydrogen-bond donors (Lipinski definition) is 0. The molecule has 2 aromatic rings. The molecule has 0 spiro atoms. The molecule has 88 valence electrons. The number of nitrogens with zero attached hydrogens (tertiary/aromatic N) is 1. The number of methoxy groups -OCH3 is 2. The van der Waals surface area contributed by atoms with Gasteiger partial charge < -0.3 is 9.47 Å². The molecule has 0 unspecified atom stereocenters. The molecular formula is C13H12ClNO2. The third-order valence-electron chi connectivity index (χ3n) is 2.41. The molecule has 0 aliphatic heterocycles. The van der Waals surface area contributed by atoms with Crippen molar-refractivity contribution in [2.75, 3.05) is 14.2 Å². The van der Waals surface area contributed by atoms with Crippen molar-refractivity contribution in [3.05, 3.63) is 41.6 Å². The van der Waals surface area contributed by atoms with Gasteiger partial charge in [0.05, 0.1) is 24.9 Å². The zero-order valence-corrected chi connectivity index (χ0v) is 10.4. The first-order valence-electron chi connectivity index (χ1n) is 5.09. The van der Waals surface area contributed by atoms with Gasteiger partial charge in [0.15, 0.2) is 11.5 Å². The van der Waals surface area contributed by atoms with Crippen LogP contribution in [0.3, 0.4) is 0 Å². The Morgan fingerprint density at radius 2 is 1.88 bits per heavy atom. The average molecular weight is 250 g/mol. The molecule has 0 amide bonds. The second-order valence-corrected chi connectivity index (χ2v) is 3.84. The van der Waals surface area contributed by atoms with Crippen molar-refractivity contribution in [2.24, 2.45) is 0 Å². The number of rotatable bonds is 3. The topological polar surface area (TPSA) is 31.4 Å². The molecule has 17 heavy (non-hydrogen) atoms. The van der Waals surface area contributed by atoms with Crippen molar-refractivity contribution in [2.45, 2.75) is 0 Å². The van der Waals surface area contributed by atoms with E-state index < -0.39 is 0 Å². The molecular weight excluding hydrogens is 238 g/mol. The standard InChI is InChI=1S/C13H12ClNO2/c1-16-12-5-3-4-10(13(12)17-2)11-7-6-9(14)8-15-11/h3-8H,1-2H3. The fraction of sp³-hybridized carbons (Fsp3) is 0.154. The second kappa shape index (κ2) is 5.06. The number of benzene rings is 1. The molecule has 2 rings (SSSR count). The summed E-state index contributed by atoms with van der Waals surface area (Å²) in [6.07, 6.45) is 1.61. The van der Waals surface area contributed by atoms with Gasteiger partial charge in [0, 0.05) is 11.8 Å². The van der Waals surface area contributed by atoms with Gasteiger partial charge >= 0.3 is 0 Å². The summed E-state index contributed by atoms with van der Waals surface area (Å²) < 4.78 is 10.6. The van der Waals surface area contributed by atoms with Gasteiger partial charge in [-0.15, -0.1) is 0 Å². The molecule has 0 radical (unpaired) electrons. The molecule has 0 N–H and O–H groups in total. The summed E-state index contributed by atoms with van der Waals surface area (Å²) in [5, 5.41) is 0.607. The van der Waals surface area contributed by atoms with E-state index in [9.17, 15) is 0 Å². The SMILES string of the molecule is COc1cccc(-c2ccc(Cl)cn2)c1OC. The highest BCUT2D eigenvalue weighted by Crippen LogP contribution is 2.36. The molecule has 1 heterocycles. The summed E-state index contributed by atoms with van der Waals surface area (Å²) in [5.41, 5.74) is 1.67. The Hall–Kier alpha value is -1.74. The van der Waals surface area contributed by atoms with Gasteiger partial charge in [-0.1, -0.05) is 17.7 Å². The maximum absolute atomic E-state index is 5.81. The predicted octanol–water partition coefficient (Wildman–Crippen LogP) is 3.42. The monoisotopic (exact) mass is 249 g/mol. The lowest BCUT2D eigenvalue weighted by molar-refractivity contribution is 0.356. The van der Waals surface area contributed by atoms with Gasteiger partial charge in [0.1, 0.15) is 0 Å². The summed E-state index contributed by atoms with van der Waals surface area (Å²) in [7, 11) is 3.22. The smallest absolute Gasteiger partial charge is 0.170 e. The van der Waals surface area contributed by atoms with Crippen LogP contribution < -0.4 is 9.47 Å². The molecule has 0 aliphatic carbocycles. The Kier molecular flexibility index (Phi) is 3.49. The van der Waals surface area contributed by atoms with Crippen LogP contribution in [0.4, 0.5) is 0 Å². The molecule has 3 nitrogen and oxygen atoms in total. The van der Waals surface area contributed by atoms with Gasteiger partial charge in [-0.05, 0) is 24.3 Å². The zero-order chi connectivity index (χ0) is 12.3. The number of halogens is 1. The van der Waals surface area contributed by atoms with Crippen LogP contribution in [0.2, 0.25) is 5.02 Å². The Morgan fingerprint density at radius 3 is 2.47 bits per heavy atom. The summed E-state index contributed by atoms with van der Waals surface area (Å²) in [4.78, 5) is 4.27. The minimum atomic E-state index is 0.607. The first-order chi connectivity index (χ1) is 8.26. The molecule has 4 heteroatoms. The molecule has 0 saturated carbocycles. The summed E-state index contributed by atoms with van der Waals surface area (Å²) in [6, 6.07) is 9.31. The molecule has 1 aromatic heterocycles. The number of pyridine rings is 1. The first-order valence-corrected chi connectivity index (χ1v) is 5.47. The van der Waals surface area contributed by atoms with Crippen LogP contribution in [-0.4, -0.2) is 19.2 Å². The Balaban J connectivity index is 2.54. The van der Waals surface area contributed by atoms with E-state index in [0.29, 0.717) is 16.5 Å². The normalized spacial score (nSPS) is 10.1. The molecule has 0 saturated heterocycles. The lowest BCUT2D eigenvalue weighted by Crippen LogP contribution is -1.94. The van der Waals surface area contributed by atoms with Gasteiger partial charge in [-0.2, -0.15) is 0 Å². The van der Waals surface area contributed by atoms with E-state index in [4.69, 9.17) is 21.1 Å². The number of ether oxygens (including phenoxy) is 2. The van der Waals surface area contributed by atoms with E-state index in [-0.39, 0.29) is 0 Å². The Labute approximate surface area is 105 Å². The minimum absolute atomic E-state index is 0.607. The summed E-state index contributed by atoms with van der Waals surface area (Å²) >= 11 is 5.81. The van der Waals surface area contributed by atoms with E-state index in [1.807, 2.05) is 24.3 Å². The van der Waals surface area contributed by atoms with Crippen LogP contribution in [0.1, 0.15) is 0 Å². The fourth-order valence-electron chi connectivity index (χ4n) is 1.62. The lowest BCUT2D eigenvalue weighted by atomic mass is 10.1. The average Bonchev–Trinajstić information content (AvgIpc) is 2.38. The highest BCUT2D eigenvalue weighted by molar-refractivity contribution is 6.30. The summed E-state index contributed by atoms with van der Waals surface area (Å²) in [5.74, 6) is 1.35. The largest absolute Gasteiger partial charge is 0.493 e. The second-order valence-electron chi connectivity index (χ2n) is 3.40. The predicted molar refractivity (Wildman–Crippen MR) is 67.8 cm³/mol. The minimum Gasteiger partial charge on any atom is -0.493 e. The zero-order valence-electron chi connectivity index (χ0n) is 9.61. The molecule has 0 fully saturated rings. The van der Waals surface area contributed by atoms with Gasteiger partial charge in [0.2, 0.25) is 0 Å². The van der Waals surface area contributed by atoms with E-state index in [0.717, 1.165) is 11.3 Å². The van der Waals surface area contributed by atoms with Crippen LogP contribution in [0.15, 0.2) is 36.5 Å². The Morgan fingerprint density at radius 1 is 1.06 bits per heavy atom. The molecule has 0 atom stereocenters. The van der Waals surface area contributed by atoms with Crippen molar-refractivity contribution in [3.63, 3.8) is 0 Å². The van der Waals surface area contributed by atoms with E-state index >= 15 is 0 Å². The summed E-state index contributed by atoms with van der Waals surface area (Å²) in [6.45, 7) is 0. The van der Waals surface area contributed by atoms with Crippen LogP contribution >= 0.6 is 11.6 Å².